The second-order valence-electron chi connectivity index (χ2n) is 7.73. The number of nitrogens with zero attached hydrogens (tertiary/aromatic N) is 1. The lowest BCUT2D eigenvalue weighted by Crippen LogP contribution is -2.35. The van der Waals surface area contributed by atoms with Gasteiger partial charge in [-0.2, -0.15) is 0 Å². The highest BCUT2D eigenvalue weighted by Gasteiger charge is 2.14. The van der Waals surface area contributed by atoms with E-state index in [9.17, 15) is 18.0 Å². The van der Waals surface area contributed by atoms with Gasteiger partial charge in [-0.3, -0.25) is 9.78 Å². The van der Waals surface area contributed by atoms with Crippen molar-refractivity contribution in [3.63, 3.8) is 0 Å². The molecule has 0 saturated heterocycles. The Bertz CT molecular complexity index is 1480. The SMILES string of the molecule is COc1cc2nccc(Oc3ccc(NC(=S)NC(=O)Cc4cc(F)cc(F)c4)c(F)c3)c2cc1OC. The summed E-state index contributed by atoms with van der Waals surface area (Å²) < 4.78 is 57.9. The molecule has 0 unspecified atom stereocenters. The minimum Gasteiger partial charge on any atom is -0.493 e. The number of hydrogen-bond acceptors (Lipinski definition) is 6. The molecule has 0 bridgehead atoms. The molecule has 190 valence electrons. The number of hydrogen-bond donors (Lipinski definition) is 2. The fourth-order valence-corrected chi connectivity index (χ4v) is 3.77. The van der Waals surface area contributed by atoms with E-state index in [-0.39, 0.29) is 28.5 Å². The lowest BCUT2D eigenvalue weighted by atomic mass is 10.1. The first-order valence-electron chi connectivity index (χ1n) is 10.8. The van der Waals surface area contributed by atoms with Crippen LogP contribution in [0.15, 0.2) is 60.8 Å². The van der Waals surface area contributed by atoms with E-state index in [0.29, 0.717) is 34.2 Å². The molecular weight excluding hydrogens is 507 g/mol. The maximum absolute atomic E-state index is 14.8. The summed E-state index contributed by atoms with van der Waals surface area (Å²) in [6, 6.07) is 11.9. The van der Waals surface area contributed by atoms with Crippen LogP contribution >= 0.6 is 12.2 Å². The number of fused-ring (bicyclic) bond motifs is 1. The Balaban J connectivity index is 1.44. The van der Waals surface area contributed by atoms with E-state index in [1.165, 1.54) is 26.4 Å². The summed E-state index contributed by atoms with van der Waals surface area (Å²) in [5.74, 6) is -1.31. The van der Waals surface area contributed by atoms with Crippen LogP contribution in [0.1, 0.15) is 5.56 Å². The zero-order valence-corrected chi connectivity index (χ0v) is 20.4. The average molecular weight is 528 g/mol. The molecule has 0 aliphatic carbocycles. The van der Waals surface area contributed by atoms with Gasteiger partial charge >= 0.3 is 0 Å². The lowest BCUT2D eigenvalue weighted by molar-refractivity contribution is -0.119. The number of ether oxygens (including phenoxy) is 3. The molecule has 1 heterocycles. The molecule has 1 amide bonds. The van der Waals surface area contributed by atoms with E-state index in [0.717, 1.165) is 18.2 Å². The summed E-state index contributed by atoms with van der Waals surface area (Å²) in [6.07, 6.45) is 1.23. The number of nitrogens with one attached hydrogen (secondary N) is 2. The second-order valence-corrected chi connectivity index (χ2v) is 8.14. The standard InChI is InChI=1S/C26H20F3N3O4S/c1-34-23-12-18-21(13-24(23)35-2)30-6-5-22(18)36-17-3-4-20(19(29)11-17)31-26(37)32-25(33)9-14-7-15(27)10-16(28)8-14/h3-8,10-13H,9H2,1-2H3,(H2,31,32,33,37). The van der Waals surface area contributed by atoms with Gasteiger partial charge in [0.2, 0.25) is 5.91 Å². The van der Waals surface area contributed by atoms with E-state index in [1.807, 2.05) is 0 Å². The highest BCUT2D eigenvalue weighted by molar-refractivity contribution is 7.80. The number of aromatic nitrogens is 1. The van der Waals surface area contributed by atoms with Crippen molar-refractivity contribution in [2.24, 2.45) is 0 Å². The van der Waals surface area contributed by atoms with Crippen molar-refractivity contribution < 1.29 is 32.2 Å². The number of thiocarbonyl (C=S) groups is 1. The Labute approximate surface area is 215 Å². The third-order valence-electron chi connectivity index (χ3n) is 5.16. The van der Waals surface area contributed by atoms with Gasteiger partial charge in [0.1, 0.15) is 29.0 Å². The number of anilines is 1. The third kappa shape index (κ3) is 6.25. The minimum atomic E-state index is -0.800. The molecule has 4 rings (SSSR count). The fourth-order valence-electron chi connectivity index (χ4n) is 3.55. The topological polar surface area (TPSA) is 81.7 Å². The van der Waals surface area contributed by atoms with E-state index >= 15 is 0 Å². The Morgan fingerprint density at radius 3 is 2.30 bits per heavy atom. The third-order valence-corrected chi connectivity index (χ3v) is 5.37. The predicted octanol–water partition coefficient (Wildman–Crippen LogP) is 5.52. The molecule has 37 heavy (non-hydrogen) atoms. The van der Waals surface area contributed by atoms with Crippen LogP contribution in [0, 0.1) is 17.5 Å². The monoisotopic (exact) mass is 527 g/mol. The van der Waals surface area contributed by atoms with Crippen molar-refractivity contribution in [3.05, 3.63) is 83.8 Å². The van der Waals surface area contributed by atoms with Gasteiger partial charge in [-0.15, -0.1) is 0 Å². The van der Waals surface area contributed by atoms with Crippen molar-refractivity contribution in [2.75, 3.05) is 19.5 Å². The van der Waals surface area contributed by atoms with Gasteiger partial charge in [-0.1, -0.05) is 0 Å². The van der Waals surface area contributed by atoms with Gasteiger partial charge in [0.25, 0.3) is 0 Å². The van der Waals surface area contributed by atoms with Crippen LogP contribution in [0.2, 0.25) is 0 Å². The zero-order chi connectivity index (χ0) is 26.5. The molecule has 0 radical (unpaired) electrons. The smallest absolute Gasteiger partial charge is 0.230 e. The van der Waals surface area contributed by atoms with Gasteiger partial charge in [-0.05, 0) is 54.2 Å². The van der Waals surface area contributed by atoms with Gasteiger partial charge in [0, 0.05) is 29.8 Å². The highest BCUT2D eigenvalue weighted by Crippen LogP contribution is 2.37. The van der Waals surface area contributed by atoms with Crippen molar-refractivity contribution in [3.8, 4) is 23.0 Å². The Hall–Kier alpha value is -4.38. The normalized spacial score (nSPS) is 10.6. The maximum atomic E-state index is 14.8. The molecule has 3 aromatic carbocycles. The average Bonchev–Trinajstić information content (AvgIpc) is 2.84. The molecule has 0 fully saturated rings. The molecule has 4 aromatic rings. The molecule has 0 aliphatic rings. The minimum absolute atomic E-state index is 0.0135. The quantitative estimate of drug-likeness (QED) is 0.307. The first kappa shape index (κ1) is 25.7. The van der Waals surface area contributed by atoms with Gasteiger partial charge in [0.15, 0.2) is 16.6 Å². The summed E-state index contributed by atoms with van der Waals surface area (Å²) in [5, 5.41) is 5.37. The van der Waals surface area contributed by atoms with E-state index in [1.54, 1.807) is 24.4 Å². The number of carbonyl (C=O) groups is 1. The van der Waals surface area contributed by atoms with Crippen LogP contribution in [0.5, 0.6) is 23.0 Å². The van der Waals surface area contributed by atoms with Gasteiger partial charge < -0.3 is 24.8 Å². The number of benzene rings is 3. The first-order chi connectivity index (χ1) is 17.7. The molecule has 0 saturated carbocycles. The van der Waals surface area contributed by atoms with Crippen LogP contribution < -0.4 is 24.8 Å². The van der Waals surface area contributed by atoms with Crippen molar-refractivity contribution >= 4 is 39.8 Å². The number of pyridine rings is 1. The Kier molecular flexibility index (Phi) is 7.73. The summed E-state index contributed by atoms with van der Waals surface area (Å²) in [4.78, 5) is 16.5. The zero-order valence-electron chi connectivity index (χ0n) is 19.6. The predicted molar refractivity (Wildman–Crippen MR) is 136 cm³/mol. The lowest BCUT2D eigenvalue weighted by Gasteiger charge is -2.14. The number of amides is 1. The second kappa shape index (κ2) is 11.1. The van der Waals surface area contributed by atoms with E-state index in [2.05, 4.69) is 15.6 Å². The largest absolute Gasteiger partial charge is 0.493 e. The molecule has 0 aliphatic heterocycles. The van der Waals surface area contributed by atoms with Crippen LogP contribution in [0.25, 0.3) is 10.9 Å². The van der Waals surface area contributed by atoms with Crippen molar-refractivity contribution in [2.45, 2.75) is 6.42 Å². The first-order valence-corrected chi connectivity index (χ1v) is 11.2. The Morgan fingerprint density at radius 1 is 0.919 bits per heavy atom. The molecule has 0 spiro atoms. The van der Waals surface area contributed by atoms with Crippen LogP contribution in [0.3, 0.4) is 0 Å². The molecule has 11 heteroatoms. The van der Waals surface area contributed by atoms with Crippen molar-refractivity contribution in [1.29, 1.82) is 0 Å². The highest BCUT2D eigenvalue weighted by atomic mass is 32.1. The van der Waals surface area contributed by atoms with E-state index in [4.69, 9.17) is 26.4 Å². The number of halogens is 3. The summed E-state index contributed by atoms with van der Waals surface area (Å²) in [5.41, 5.74) is 0.710. The van der Waals surface area contributed by atoms with Gasteiger partial charge in [-0.25, -0.2) is 13.2 Å². The van der Waals surface area contributed by atoms with Crippen LogP contribution in [-0.2, 0) is 11.2 Å². The van der Waals surface area contributed by atoms with Gasteiger partial charge in [0.05, 0.1) is 31.8 Å². The summed E-state index contributed by atoms with van der Waals surface area (Å²) in [6.45, 7) is 0. The molecule has 1 aromatic heterocycles. The Morgan fingerprint density at radius 2 is 1.62 bits per heavy atom. The molecular formula is C26H20F3N3O4S. The van der Waals surface area contributed by atoms with Crippen molar-refractivity contribution in [1.82, 2.24) is 10.3 Å². The number of rotatable bonds is 7. The summed E-state index contributed by atoms with van der Waals surface area (Å²) in [7, 11) is 3.03. The van der Waals surface area contributed by atoms with E-state index < -0.39 is 23.4 Å². The molecule has 7 nitrogen and oxygen atoms in total. The molecule has 0 atom stereocenters. The maximum Gasteiger partial charge on any atom is 0.230 e. The number of methoxy groups -OCH3 is 2. The number of carbonyl (C=O) groups excluding carboxylic acids is 1. The fraction of sp³-hybridized carbons (Fsp3) is 0.115. The summed E-state index contributed by atoms with van der Waals surface area (Å²) >= 11 is 5.06. The van der Waals surface area contributed by atoms with Crippen LogP contribution in [-0.4, -0.2) is 30.2 Å². The van der Waals surface area contributed by atoms with Crippen LogP contribution in [0.4, 0.5) is 18.9 Å². The molecule has 2 N–H and O–H groups in total.